The number of hydrogen-bond donors (Lipinski definition) is 4. The number of pyridine rings is 1. The summed E-state index contributed by atoms with van der Waals surface area (Å²) in [5, 5.41) is 24.5. The van der Waals surface area contributed by atoms with Gasteiger partial charge in [0.05, 0.1) is 32.1 Å². The van der Waals surface area contributed by atoms with E-state index in [0.29, 0.717) is 19.0 Å². The Kier molecular flexibility index (Phi) is 7.05. The number of rotatable bonds is 8. The van der Waals surface area contributed by atoms with Crippen molar-refractivity contribution < 1.29 is 9.84 Å². The monoisotopic (exact) mass is 401 g/mol. The first-order valence-electron chi connectivity index (χ1n) is 10.0. The molecule has 3 atom stereocenters. The molecule has 0 saturated carbocycles. The van der Waals surface area contributed by atoms with Crippen LogP contribution in [0.2, 0.25) is 0 Å². The van der Waals surface area contributed by atoms with Crippen molar-refractivity contribution in [3.05, 3.63) is 29.5 Å². The Labute approximate surface area is 171 Å². The molecule has 1 aliphatic heterocycles. The summed E-state index contributed by atoms with van der Waals surface area (Å²) in [5.41, 5.74) is 4.63. The maximum atomic E-state index is 10.2. The number of anilines is 3. The van der Waals surface area contributed by atoms with E-state index in [4.69, 9.17) is 9.72 Å². The Bertz CT molecular complexity index is 809. The topological polar surface area (TPSA) is 111 Å². The lowest BCUT2D eigenvalue weighted by Gasteiger charge is -2.35. The summed E-state index contributed by atoms with van der Waals surface area (Å²) in [6, 6.07) is 4.15. The third kappa shape index (κ3) is 4.86. The summed E-state index contributed by atoms with van der Waals surface area (Å²) in [5.74, 6) is 2.54. The zero-order chi connectivity index (χ0) is 20.8. The van der Waals surface area contributed by atoms with E-state index >= 15 is 0 Å². The van der Waals surface area contributed by atoms with Gasteiger partial charge in [-0.3, -0.25) is 5.10 Å². The van der Waals surface area contributed by atoms with E-state index in [2.05, 4.69) is 57.8 Å². The van der Waals surface area contributed by atoms with Gasteiger partial charge < -0.3 is 25.5 Å². The highest BCUT2D eigenvalue weighted by atomic mass is 16.5. The molecule has 2 aromatic rings. The highest BCUT2D eigenvalue weighted by Gasteiger charge is 2.26. The summed E-state index contributed by atoms with van der Waals surface area (Å²) in [6.45, 7) is 8.41. The van der Waals surface area contributed by atoms with Crippen LogP contribution in [0.4, 0.5) is 17.5 Å². The minimum absolute atomic E-state index is 0.113. The Morgan fingerprint density at radius 2 is 2.31 bits per heavy atom. The molecule has 0 aliphatic carbocycles. The van der Waals surface area contributed by atoms with Crippen LogP contribution < -0.4 is 15.6 Å². The summed E-state index contributed by atoms with van der Waals surface area (Å²) < 4.78 is 5.59. The number of aromatic amines is 1. The van der Waals surface area contributed by atoms with Crippen LogP contribution in [0.15, 0.2) is 23.4 Å². The van der Waals surface area contributed by atoms with Gasteiger partial charge in [-0.05, 0) is 30.4 Å². The lowest BCUT2D eigenvalue weighted by atomic mass is 9.87. The molecule has 2 unspecified atom stereocenters. The van der Waals surface area contributed by atoms with Crippen molar-refractivity contribution in [1.82, 2.24) is 20.6 Å². The standard InChI is InChI=1S/C20H31N7O2/c1-13(10-23-21-4)15(3)16-9-19(27-7-8-29-12-14(27)2)25-20(17(16)11-28)24-18-5-6-22-26-18/h5-6,9-10,13-15,21,28H,7-8,11-12H2,1-4H3,(H2,22,24,25,26)/b23-10-/t13?,14-,15?/m1/s1. The molecule has 0 radical (unpaired) electrons. The summed E-state index contributed by atoms with van der Waals surface area (Å²) in [6.07, 6.45) is 3.57. The number of morpholine rings is 1. The first-order valence-corrected chi connectivity index (χ1v) is 10.0. The van der Waals surface area contributed by atoms with E-state index in [-0.39, 0.29) is 24.5 Å². The zero-order valence-corrected chi connectivity index (χ0v) is 17.5. The normalized spacial score (nSPS) is 19.3. The number of hydrazone groups is 1. The molecule has 158 valence electrons. The quantitative estimate of drug-likeness (QED) is 0.396. The molecule has 0 spiro atoms. The Morgan fingerprint density at radius 1 is 1.48 bits per heavy atom. The molecule has 9 heteroatoms. The molecule has 1 saturated heterocycles. The fourth-order valence-corrected chi connectivity index (χ4v) is 3.53. The van der Waals surface area contributed by atoms with Gasteiger partial charge in [-0.1, -0.05) is 13.8 Å². The molecule has 1 aliphatic rings. The average Bonchev–Trinajstić information content (AvgIpc) is 3.24. The van der Waals surface area contributed by atoms with Gasteiger partial charge in [-0.15, -0.1) is 0 Å². The van der Waals surface area contributed by atoms with Crippen LogP contribution in [0, 0.1) is 5.92 Å². The van der Waals surface area contributed by atoms with E-state index in [9.17, 15) is 5.11 Å². The summed E-state index contributed by atoms with van der Waals surface area (Å²) in [7, 11) is 1.78. The van der Waals surface area contributed by atoms with E-state index in [1.165, 1.54) is 0 Å². The molecule has 0 aromatic carbocycles. The van der Waals surface area contributed by atoms with Gasteiger partial charge >= 0.3 is 0 Å². The van der Waals surface area contributed by atoms with Crippen LogP contribution in [-0.4, -0.2) is 59.4 Å². The fourth-order valence-electron chi connectivity index (χ4n) is 3.53. The highest BCUT2D eigenvalue weighted by Crippen LogP contribution is 2.34. The largest absolute Gasteiger partial charge is 0.392 e. The number of aliphatic hydroxyl groups excluding tert-OH is 1. The molecular formula is C20H31N7O2. The van der Waals surface area contributed by atoms with Gasteiger partial charge in [0.25, 0.3) is 0 Å². The predicted octanol–water partition coefficient (Wildman–Crippen LogP) is 2.21. The molecule has 9 nitrogen and oxygen atoms in total. The Balaban J connectivity index is 2.05. The number of aliphatic hydroxyl groups is 1. The first-order chi connectivity index (χ1) is 14.0. The van der Waals surface area contributed by atoms with Gasteiger partial charge in [0.15, 0.2) is 0 Å². The molecule has 0 bridgehead atoms. The number of ether oxygens (including phenoxy) is 1. The van der Waals surface area contributed by atoms with E-state index < -0.39 is 0 Å². The second kappa shape index (κ2) is 9.71. The second-order valence-corrected chi connectivity index (χ2v) is 7.42. The zero-order valence-electron chi connectivity index (χ0n) is 17.5. The second-order valence-electron chi connectivity index (χ2n) is 7.42. The van der Waals surface area contributed by atoms with Gasteiger partial charge in [0.1, 0.15) is 17.5 Å². The fraction of sp³-hybridized carbons (Fsp3) is 0.550. The molecular weight excluding hydrogens is 370 g/mol. The van der Waals surface area contributed by atoms with Crippen LogP contribution in [0.25, 0.3) is 0 Å². The van der Waals surface area contributed by atoms with E-state index in [1.807, 2.05) is 12.3 Å². The molecule has 3 rings (SSSR count). The SMILES string of the molecule is CN/N=C\C(C)C(C)c1cc(N2CCOC[C@H]2C)nc(Nc2ccn[nH]2)c1CO. The van der Waals surface area contributed by atoms with Gasteiger partial charge in [0, 0.05) is 31.4 Å². The molecule has 4 N–H and O–H groups in total. The van der Waals surface area contributed by atoms with E-state index in [1.54, 1.807) is 13.2 Å². The number of aromatic nitrogens is 3. The predicted molar refractivity (Wildman–Crippen MR) is 115 cm³/mol. The maximum absolute atomic E-state index is 10.2. The van der Waals surface area contributed by atoms with Crippen LogP contribution in [0.5, 0.6) is 0 Å². The minimum Gasteiger partial charge on any atom is -0.392 e. The summed E-state index contributed by atoms with van der Waals surface area (Å²) in [4.78, 5) is 7.12. The van der Waals surface area contributed by atoms with Crippen molar-refractivity contribution in [1.29, 1.82) is 0 Å². The van der Waals surface area contributed by atoms with Crippen molar-refractivity contribution in [2.45, 2.75) is 39.3 Å². The number of H-pyrrole nitrogens is 1. The Morgan fingerprint density at radius 3 is 2.97 bits per heavy atom. The smallest absolute Gasteiger partial charge is 0.139 e. The van der Waals surface area contributed by atoms with Crippen molar-refractivity contribution >= 4 is 23.7 Å². The molecule has 2 aromatic heterocycles. The lowest BCUT2D eigenvalue weighted by Crippen LogP contribution is -2.44. The third-order valence-corrected chi connectivity index (χ3v) is 5.44. The van der Waals surface area contributed by atoms with Crippen LogP contribution >= 0.6 is 0 Å². The molecule has 3 heterocycles. The average molecular weight is 402 g/mol. The van der Waals surface area contributed by atoms with Crippen molar-refractivity contribution in [2.24, 2.45) is 11.0 Å². The van der Waals surface area contributed by atoms with E-state index in [0.717, 1.165) is 29.3 Å². The maximum Gasteiger partial charge on any atom is 0.139 e. The molecule has 0 amide bonds. The number of nitrogens with zero attached hydrogens (tertiary/aromatic N) is 4. The van der Waals surface area contributed by atoms with Crippen molar-refractivity contribution in [3.63, 3.8) is 0 Å². The van der Waals surface area contributed by atoms with Gasteiger partial charge in [0.2, 0.25) is 0 Å². The van der Waals surface area contributed by atoms with Gasteiger partial charge in [-0.2, -0.15) is 10.2 Å². The Hall–Kier alpha value is -2.65. The lowest BCUT2D eigenvalue weighted by molar-refractivity contribution is 0.0985. The van der Waals surface area contributed by atoms with Crippen LogP contribution in [-0.2, 0) is 11.3 Å². The number of hydrogen-bond acceptors (Lipinski definition) is 8. The van der Waals surface area contributed by atoms with Crippen LogP contribution in [0.1, 0.15) is 37.8 Å². The minimum atomic E-state index is -0.113. The van der Waals surface area contributed by atoms with Crippen molar-refractivity contribution in [2.75, 3.05) is 37.0 Å². The van der Waals surface area contributed by atoms with Gasteiger partial charge in [-0.25, -0.2) is 4.98 Å². The number of nitrogens with one attached hydrogen (secondary N) is 3. The molecule has 29 heavy (non-hydrogen) atoms. The van der Waals surface area contributed by atoms with Crippen LogP contribution in [0.3, 0.4) is 0 Å². The highest BCUT2D eigenvalue weighted by molar-refractivity contribution is 5.66. The van der Waals surface area contributed by atoms with Crippen molar-refractivity contribution in [3.8, 4) is 0 Å². The summed E-state index contributed by atoms with van der Waals surface area (Å²) >= 11 is 0. The first kappa shape index (κ1) is 21.1. The third-order valence-electron chi connectivity index (χ3n) is 5.44. The molecule has 1 fully saturated rings.